The Morgan fingerprint density at radius 3 is 2.30 bits per heavy atom. The first-order chi connectivity index (χ1) is 4.91. The second-order valence-corrected chi connectivity index (χ2v) is 3.61. The lowest BCUT2D eigenvalue weighted by atomic mass is 10.1. The van der Waals surface area contributed by atoms with Crippen LogP contribution in [0.3, 0.4) is 0 Å². The van der Waals surface area contributed by atoms with Crippen molar-refractivity contribution in [2.24, 2.45) is 0 Å². The molecule has 0 unspecified atom stereocenters. The van der Waals surface area contributed by atoms with Crippen molar-refractivity contribution in [1.82, 2.24) is 0 Å². The Morgan fingerprint density at radius 2 is 1.70 bits per heavy atom. The van der Waals surface area contributed by atoms with E-state index in [0.717, 1.165) is 13.3 Å². The van der Waals surface area contributed by atoms with E-state index in [9.17, 15) is 0 Å². The molecule has 0 saturated carbocycles. The molecule has 2 aliphatic heterocycles. The van der Waals surface area contributed by atoms with Crippen LogP contribution in [-0.4, -0.2) is 37.5 Å². The van der Waals surface area contributed by atoms with E-state index in [2.05, 4.69) is 0 Å². The fourth-order valence-electron chi connectivity index (χ4n) is 2.12. The first-order valence-corrected chi connectivity index (χ1v) is 4.34. The molecule has 2 heterocycles. The lowest BCUT2D eigenvalue weighted by molar-refractivity contribution is -0.929. The van der Waals surface area contributed by atoms with Crippen molar-refractivity contribution in [3.63, 3.8) is 0 Å². The average molecular weight is 142 g/mol. The number of piperidine rings is 1. The highest BCUT2D eigenvalue weighted by atomic mass is 16.5. The molecule has 2 aliphatic rings. The quantitative estimate of drug-likeness (QED) is 0.458. The van der Waals surface area contributed by atoms with Crippen LogP contribution in [0.25, 0.3) is 0 Å². The van der Waals surface area contributed by atoms with E-state index < -0.39 is 0 Å². The summed E-state index contributed by atoms with van der Waals surface area (Å²) in [4.78, 5) is 0. The molecular weight excluding hydrogens is 126 g/mol. The molecule has 0 aromatic carbocycles. The number of hydrogen-bond acceptors (Lipinski definition) is 1. The molecule has 2 fully saturated rings. The standard InChI is InChI=1S/C8H16NO/c1-2-4-9(5-3-1)6-7-10-8-9/h1-8H2/q+1. The second-order valence-electron chi connectivity index (χ2n) is 3.61. The van der Waals surface area contributed by atoms with Crippen molar-refractivity contribution in [1.29, 1.82) is 0 Å². The Morgan fingerprint density at radius 1 is 0.900 bits per heavy atom. The summed E-state index contributed by atoms with van der Waals surface area (Å²) < 4.78 is 6.69. The van der Waals surface area contributed by atoms with Crippen molar-refractivity contribution < 1.29 is 9.22 Å². The minimum atomic E-state index is 1.00. The maximum atomic E-state index is 5.41. The fraction of sp³-hybridized carbons (Fsp3) is 1.00. The third-order valence-corrected chi connectivity index (χ3v) is 2.84. The highest BCUT2D eigenvalue weighted by Crippen LogP contribution is 2.21. The van der Waals surface area contributed by atoms with Gasteiger partial charge in [-0.05, 0) is 19.3 Å². The summed E-state index contributed by atoms with van der Waals surface area (Å²) in [7, 11) is 0. The molecule has 58 valence electrons. The Bertz CT molecular complexity index is 110. The first-order valence-electron chi connectivity index (χ1n) is 4.34. The summed E-state index contributed by atoms with van der Waals surface area (Å²) in [6.45, 7) is 6.03. The number of rotatable bonds is 0. The zero-order valence-electron chi connectivity index (χ0n) is 6.51. The Kier molecular flexibility index (Phi) is 1.66. The predicted octanol–water partition coefficient (Wildman–Crippen LogP) is 0.975. The van der Waals surface area contributed by atoms with Gasteiger partial charge in [0, 0.05) is 0 Å². The molecule has 2 nitrogen and oxygen atoms in total. The third-order valence-electron chi connectivity index (χ3n) is 2.84. The number of quaternary nitrogens is 1. The minimum Gasteiger partial charge on any atom is -0.326 e. The molecule has 10 heavy (non-hydrogen) atoms. The minimum absolute atomic E-state index is 1.00. The molecule has 2 saturated heterocycles. The highest BCUT2D eigenvalue weighted by molar-refractivity contribution is 4.54. The van der Waals surface area contributed by atoms with Gasteiger partial charge >= 0.3 is 0 Å². The van der Waals surface area contributed by atoms with Gasteiger partial charge < -0.3 is 4.74 Å². The van der Waals surface area contributed by atoms with Gasteiger partial charge in [-0.3, -0.25) is 4.48 Å². The van der Waals surface area contributed by atoms with Gasteiger partial charge in [0.15, 0.2) is 6.73 Å². The molecule has 0 amide bonds. The fourth-order valence-corrected chi connectivity index (χ4v) is 2.12. The summed E-state index contributed by atoms with van der Waals surface area (Å²) in [5.74, 6) is 0. The highest BCUT2D eigenvalue weighted by Gasteiger charge is 2.33. The van der Waals surface area contributed by atoms with Gasteiger partial charge in [0.1, 0.15) is 13.2 Å². The Balaban J connectivity index is 1.98. The molecule has 2 heteroatoms. The van der Waals surface area contributed by atoms with Gasteiger partial charge in [-0.2, -0.15) is 0 Å². The average Bonchev–Trinajstić information content (AvgIpc) is 2.39. The molecule has 2 rings (SSSR count). The third kappa shape index (κ3) is 1.06. The van der Waals surface area contributed by atoms with Gasteiger partial charge in [0.25, 0.3) is 0 Å². The maximum Gasteiger partial charge on any atom is 0.183 e. The second kappa shape index (κ2) is 2.51. The van der Waals surface area contributed by atoms with E-state index in [1.807, 2.05) is 0 Å². The van der Waals surface area contributed by atoms with E-state index in [1.54, 1.807) is 0 Å². The van der Waals surface area contributed by atoms with Gasteiger partial charge in [-0.1, -0.05) is 0 Å². The van der Waals surface area contributed by atoms with Crippen molar-refractivity contribution in [3.8, 4) is 0 Å². The van der Waals surface area contributed by atoms with Crippen LogP contribution in [0.2, 0.25) is 0 Å². The summed E-state index contributed by atoms with van der Waals surface area (Å²) in [6, 6.07) is 0. The summed E-state index contributed by atoms with van der Waals surface area (Å²) in [5, 5.41) is 0. The smallest absolute Gasteiger partial charge is 0.183 e. The summed E-state index contributed by atoms with van der Waals surface area (Å²) in [5.41, 5.74) is 0. The monoisotopic (exact) mass is 142 g/mol. The molecule has 0 aromatic heterocycles. The Labute approximate surface area is 62.4 Å². The molecule has 0 N–H and O–H groups in total. The number of nitrogens with zero attached hydrogens (tertiary/aromatic N) is 1. The summed E-state index contributed by atoms with van der Waals surface area (Å²) in [6.07, 6.45) is 4.28. The van der Waals surface area contributed by atoms with Crippen LogP contribution >= 0.6 is 0 Å². The van der Waals surface area contributed by atoms with Gasteiger partial charge in [0.2, 0.25) is 0 Å². The Hall–Kier alpha value is -0.0800. The van der Waals surface area contributed by atoms with Crippen molar-refractivity contribution in [2.45, 2.75) is 19.3 Å². The molecule has 0 radical (unpaired) electrons. The SMILES string of the molecule is C1CC[N+]2(CC1)CCOC2. The number of ether oxygens (including phenoxy) is 1. The van der Waals surface area contributed by atoms with E-state index in [1.165, 1.54) is 43.4 Å². The molecular formula is C8H16NO+. The van der Waals surface area contributed by atoms with Crippen molar-refractivity contribution >= 4 is 0 Å². The normalized spacial score (nSPS) is 31.2. The molecule has 0 atom stereocenters. The van der Waals surface area contributed by atoms with Crippen LogP contribution in [0.4, 0.5) is 0 Å². The summed E-state index contributed by atoms with van der Waals surface area (Å²) >= 11 is 0. The van der Waals surface area contributed by atoms with Crippen molar-refractivity contribution in [2.75, 3.05) is 33.0 Å². The van der Waals surface area contributed by atoms with E-state index in [0.29, 0.717) is 0 Å². The predicted molar refractivity (Wildman–Crippen MR) is 39.5 cm³/mol. The zero-order valence-corrected chi connectivity index (χ0v) is 6.51. The lowest BCUT2D eigenvalue weighted by Crippen LogP contribution is -2.49. The number of hydrogen-bond donors (Lipinski definition) is 0. The molecule has 1 spiro atoms. The molecule has 0 aliphatic carbocycles. The van der Waals surface area contributed by atoms with Crippen molar-refractivity contribution in [3.05, 3.63) is 0 Å². The van der Waals surface area contributed by atoms with Gasteiger partial charge in [-0.25, -0.2) is 0 Å². The van der Waals surface area contributed by atoms with Crippen LogP contribution < -0.4 is 0 Å². The maximum absolute atomic E-state index is 5.41. The largest absolute Gasteiger partial charge is 0.326 e. The van der Waals surface area contributed by atoms with E-state index in [4.69, 9.17) is 4.74 Å². The molecule has 0 bridgehead atoms. The van der Waals surface area contributed by atoms with Gasteiger partial charge in [-0.15, -0.1) is 0 Å². The van der Waals surface area contributed by atoms with Crippen LogP contribution in [0.15, 0.2) is 0 Å². The lowest BCUT2D eigenvalue weighted by Gasteiger charge is -2.35. The van der Waals surface area contributed by atoms with Crippen LogP contribution in [0.5, 0.6) is 0 Å². The molecule has 0 aromatic rings. The van der Waals surface area contributed by atoms with E-state index in [-0.39, 0.29) is 0 Å². The first kappa shape index (κ1) is 6.62. The van der Waals surface area contributed by atoms with Crippen LogP contribution in [-0.2, 0) is 4.74 Å². The van der Waals surface area contributed by atoms with Crippen LogP contribution in [0, 0.1) is 0 Å². The van der Waals surface area contributed by atoms with Gasteiger partial charge in [0.05, 0.1) is 13.1 Å². The van der Waals surface area contributed by atoms with E-state index >= 15 is 0 Å². The topological polar surface area (TPSA) is 9.23 Å². The zero-order chi connectivity index (χ0) is 6.86. The van der Waals surface area contributed by atoms with Crippen LogP contribution in [0.1, 0.15) is 19.3 Å².